The van der Waals surface area contributed by atoms with Gasteiger partial charge in [0.05, 0.1) is 6.20 Å². The maximum absolute atomic E-state index is 4.34. The summed E-state index contributed by atoms with van der Waals surface area (Å²) in [7, 11) is 2.19. The number of rotatable bonds is 2. The minimum atomic E-state index is 0.386. The zero-order valence-electron chi connectivity index (χ0n) is 14.5. The normalized spacial score (nSPS) is 17.3. The van der Waals surface area contributed by atoms with E-state index in [1.165, 1.54) is 26.8 Å². The molecule has 0 amide bonds. The number of fused-ring (bicyclic) bond motifs is 2. The van der Waals surface area contributed by atoms with Gasteiger partial charge in [-0.15, -0.1) is 16.4 Å². The van der Waals surface area contributed by atoms with Crippen LogP contribution in [0.2, 0.25) is 0 Å². The molecule has 5 rings (SSSR count). The van der Waals surface area contributed by atoms with Crippen molar-refractivity contribution in [3.05, 3.63) is 76.9 Å². The highest BCUT2D eigenvalue weighted by Crippen LogP contribution is 2.36. The van der Waals surface area contributed by atoms with Crippen molar-refractivity contribution in [3.63, 3.8) is 0 Å². The standard InChI is InChI=1S/C21H18N4S/c1-25-12-17-11-16(21-22-7-8-23-24-21)2-4-18(17)19(13-25)14-3-5-20-15(10-14)6-9-26-20/h2-11,19H,12-13H2,1H3. The second-order valence-electron chi connectivity index (χ2n) is 6.85. The Balaban J connectivity index is 1.59. The number of thiophene rings is 1. The van der Waals surface area contributed by atoms with Gasteiger partial charge in [-0.25, -0.2) is 4.98 Å². The molecule has 26 heavy (non-hydrogen) atoms. The second-order valence-corrected chi connectivity index (χ2v) is 7.79. The summed E-state index contributed by atoms with van der Waals surface area (Å²) in [4.78, 5) is 6.72. The lowest BCUT2D eigenvalue weighted by atomic mass is 9.84. The Bertz CT molecular complexity index is 1070. The molecule has 2 aromatic heterocycles. The molecule has 4 aromatic rings. The number of aromatic nitrogens is 3. The molecule has 4 nitrogen and oxygen atoms in total. The van der Waals surface area contributed by atoms with Crippen LogP contribution in [-0.2, 0) is 6.54 Å². The number of benzene rings is 2. The van der Waals surface area contributed by atoms with Crippen molar-refractivity contribution >= 4 is 21.4 Å². The Labute approximate surface area is 156 Å². The van der Waals surface area contributed by atoms with E-state index in [1.54, 1.807) is 23.7 Å². The third-order valence-electron chi connectivity index (χ3n) is 5.07. The number of likely N-dealkylation sites (N-methyl/N-ethyl adjacent to an activating group) is 1. The SMILES string of the molecule is CN1Cc2cc(-c3nccnn3)ccc2C(c2ccc3sccc3c2)C1. The summed E-state index contributed by atoms with van der Waals surface area (Å²) in [6.45, 7) is 1.98. The molecule has 0 bridgehead atoms. The average Bonchev–Trinajstić information content (AvgIpc) is 3.15. The lowest BCUT2D eigenvalue weighted by Crippen LogP contribution is -2.31. The fraction of sp³-hybridized carbons (Fsp3) is 0.190. The van der Waals surface area contributed by atoms with E-state index in [-0.39, 0.29) is 0 Å². The van der Waals surface area contributed by atoms with Gasteiger partial charge in [-0.1, -0.05) is 18.2 Å². The zero-order chi connectivity index (χ0) is 17.5. The molecule has 1 aliphatic heterocycles. The summed E-state index contributed by atoms with van der Waals surface area (Å²) >= 11 is 1.80. The monoisotopic (exact) mass is 358 g/mol. The summed E-state index contributed by atoms with van der Waals surface area (Å²) in [5.41, 5.74) is 5.16. The van der Waals surface area contributed by atoms with E-state index < -0.39 is 0 Å². The van der Waals surface area contributed by atoms with Crippen LogP contribution >= 0.6 is 11.3 Å². The molecule has 2 aromatic carbocycles. The molecule has 0 fully saturated rings. The Kier molecular flexibility index (Phi) is 3.76. The van der Waals surface area contributed by atoms with Crippen molar-refractivity contribution in [2.75, 3.05) is 13.6 Å². The third-order valence-corrected chi connectivity index (χ3v) is 5.97. The molecular weight excluding hydrogens is 340 g/mol. The maximum Gasteiger partial charge on any atom is 0.181 e. The van der Waals surface area contributed by atoms with Crippen LogP contribution in [0.3, 0.4) is 0 Å². The first-order valence-electron chi connectivity index (χ1n) is 8.70. The van der Waals surface area contributed by atoms with Crippen LogP contribution in [0.25, 0.3) is 21.5 Å². The van der Waals surface area contributed by atoms with E-state index in [9.17, 15) is 0 Å². The van der Waals surface area contributed by atoms with Crippen LogP contribution < -0.4 is 0 Å². The van der Waals surface area contributed by atoms with E-state index in [0.717, 1.165) is 18.7 Å². The summed E-state index contributed by atoms with van der Waals surface area (Å²) in [5.74, 6) is 1.07. The van der Waals surface area contributed by atoms with Crippen LogP contribution in [0.4, 0.5) is 0 Å². The highest BCUT2D eigenvalue weighted by Gasteiger charge is 2.25. The fourth-order valence-electron chi connectivity index (χ4n) is 3.85. The first kappa shape index (κ1) is 15.6. The van der Waals surface area contributed by atoms with E-state index >= 15 is 0 Å². The Morgan fingerprint density at radius 3 is 2.92 bits per heavy atom. The number of hydrogen-bond donors (Lipinski definition) is 0. The van der Waals surface area contributed by atoms with Gasteiger partial charge in [0.15, 0.2) is 5.82 Å². The molecule has 3 heterocycles. The molecule has 1 aliphatic rings. The van der Waals surface area contributed by atoms with E-state index in [1.807, 2.05) is 0 Å². The molecule has 128 valence electrons. The highest BCUT2D eigenvalue weighted by atomic mass is 32.1. The van der Waals surface area contributed by atoms with Gasteiger partial charge in [0.25, 0.3) is 0 Å². The van der Waals surface area contributed by atoms with Gasteiger partial charge in [-0.2, -0.15) is 5.10 Å². The summed E-state index contributed by atoms with van der Waals surface area (Å²) in [5, 5.41) is 11.6. The Morgan fingerprint density at radius 2 is 2.04 bits per heavy atom. The molecule has 0 spiro atoms. The quantitative estimate of drug-likeness (QED) is 0.535. The van der Waals surface area contributed by atoms with Crippen molar-refractivity contribution in [2.45, 2.75) is 12.5 Å². The van der Waals surface area contributed by atoms with Crippen LogP contribution in [-0.4, -0.2) is 33.7 Å². The van der Waals surface area contributed by atoms with Gasteiger partial charge in [-0.3, -0.25) is 0 Å². The maximum atomic E-state index is 4.34. The van der Waals surface area contributed by atoms with Crippen molar-refractivity contribution in [2.24, 2.45) is 0 Å². The molecule has 0 saturated heterocycles. The van der Waals surface area contributed by atoms with E-state index in [0.29, 0.717) is 11.7 Å². The van der Waals surface area contributed by atoms with Crippen molar-refractivity contribution in [1.29, 1.82) is 0 Å². The van der Waals surface area contributed by atoms with E-state index in [2.05, 4.69) is 75.0 Å². The average molecular weight is 358 g/mol. The van der Waals surface area contributed by atoms with Gasteiger partial charge in [0.2, 0.25) is 0 Å². The van der Waals surface area contributed by atoms with Crippen molar-refractivity contribution < 1.29 is 0 Å². The molecule has 0 radical (unpaired) electrons. The van der Waals surface area contributed by atoms with Gasteiger partial charge in [0.1, 0.15) is 0 Å². The fourth-order valence-corrected chi connectivity index (χ4v) is 4.62. The van der Waals surface area contributed by atoms with Crippen molar-refractivity contribution in [1.82, 2.24) is 20.1 Å². The third kappa shape index (κ3) is 2.69. The summed E-state index contributed by atoms with van der Waals surface area (Å²) in [6, 6.07) is 15.7. The molecule has 1 unspecified atom stereocenters. The predicted molar refractivity (Wildman–Crippen MR) is 105 cm³/mol. The van der Waals surface area contributed by atoms with Crippen LogP contribution in [0.1, 0.15) is 22.6 Å². The zero-order valence-corrected chi connectivity index (χ0v) is 15.3. The van der Waals surface area contributed by atoms with Crippen LogP contribution in [0, 0.1) is 0 Å². The highest BCUT2D eigenvalue weighted by molar-refractivity contribution is 7.17. The largest absolute Gasteiger partial charge is 0.301 e. The molecule has 1 atom stereocenters. The molecular formula is C21H18N4S. The number of nitrogens with zero attached hydrogens (tertiary/aromatic N) is 4. The second kappa shape index (κ2) is 6.27. The predicted octanol–water partition coefficient (Wildman–Crippen LogP) is 4.33. The minimum absolute atomic E-state index is 0.386. The summed E-state index contributed by atoms with van der Waals surface area (Å²) < 4.78 is 1.35. The molecule has 0 saturated carbocycles. The van der Waals surface area contributed by atoms with Gasteiger partial charge in [-0.05, 0) is 58.8 Å². The number of hydrogen-bond acceptors (Lipinski definition) is 5. The van der Waals surface area contributed by atoms with Crippen LogP contribution in [0.5, 0.6) is 0 Å². The molecule has 0 aliphatic carbocycles. The summed E-state index contributed by atoms with van der Waals surface area (Å²) in [6.07, 6.45) is 3.29. The van der Waals surface area contributed by atoms with Gasteiger partial charge >= 0.3 is 0 Å². The Morgan fingerprint density at radius 1 is 1.08 bits per heavy atom. The first-order valence-corrected chi connectivity index (χ1v) is 9.58. The molecule has 0 N–H and O–H groups in total. The smallest absolute Gasteiger partial charge is 0.181 e. The van der Waals surface area contributed by atoms with E-state index in [4.69, 9.17) is 0 Å². The minimum Gasteiger partial charge on any atom is -0.301 e. The van der Waals surface area contributed by atoms with Gasteiger partial charge < -0.3 is 4.90 Å². The van der Waals surface area contributed by atoms with Crippen molar-refractivity contribution in [3.8, 4) is 11.4 Å². The first-order chi connectivity index (χ1) is 12.8. The van der Waals surface area contributed by atoms with Gasteiger partial charge in [0, 0.05) is 35.5 Å². The molecule has 5 heteroatoms. The Hall–Kier alpha value is -2.63. The lowest BCUT2D eigenvalue weighted by molar-refractivity contribution is 0.295. The topological polar surface area (TPSA) is 41.9 Å². The lowest BCUT2D eigenvalue weighted by Gasteiger charge is -2.33. The van der Waals surface area contributed by atoms with Crippen LogP contribution in [0.15, 0.2) is 60.2 Å².